The van der Waals surface area contributed by atoms with E-state index in [0.717, 1.165) is 61.1 Å². The minimum atomic E-state index is -0.133. The molecule has 0 bridgehead atoms. The van der Waals surface area contributed by atoms with Crippen molar-refractivity contribution in [1.29, 1.82) is 0 Å². The van der Waals surface area contributed by atoms with Crippen LogP contribution in [0.1, 0.15) is 43.4 Å². The second kappa shape index (κ2) is 9.95. The number of hydrogen-bond acceptors (Lipinski definition) is 7. The normalized spacial score (nSPS) is 17.2. The van der Waals surface area contributed by atoms with E-state index in [1.165, 1.54) is 0 Å². The predicted octanol–water partition coefficient (Wildman–Crippen LogP) is 3.50. The van der Waals surface area contributed by atoms with Crippen LogP contribution in [0.15, 0.2) is 52.8 Å². The lowest BCUT2D eigenvalue weighted by Crippen LogP contribution is -2.34. The SMILES string of the molecule is CCCSc1ncc(CN2CCCC(c3cc(=O)[nH]c(-c4ccccn4)n3)C2)cn1. The maximum absolute atomic E-state index is 12.3. The van der Waals surface area contributed by atoms with E-state index in [4.69, 9.17) is 4.98 Å². The highest BCUT2D eigenvalue weighted by atomic mass is 32.2. The maximum atomic E-state index is 12.3. The van der Waals surface area contributed by atoms with Gasteiger partial charge in [-0.3, -0.25) is 14.7 Å². The van der Waals surface area contributed by atoms with Crippen molar-refractivity contribution >= 4 is 11.8 Å². The Hall–Kier alpha value is -2.58. The van der Waals surface area contributed by atoms with Gasteiger partial charge in [0.05, 0.1) is 5.69 Å². The number of nitrogens with zero attached hydrogens (tertiary/aromatic N) is 5. The molecule has 7 nitrogen and oxygen atoms in total. The van der Waals surface area contributed by atoms with Crippen LogP contribution in [0.3, 0.4) is 0 Å². The third-order valence-corrected chi connectivity index (χ3v) is 6.20. The molecule has 3 aromatic rings. The standard InChI is InChI=1S/C22H26N6OS/c1-2-10-30-22-24-12-16(13-25-22)14-28-9-5-6-17(15-28)19-11-20(29)27-21(26-19)18-7-3-4-8-23-18/h3-4,7-8,11-13,17H,2,5-6,9-10,14-15H2,1H3,(H,26,27,29). The second-order valence-electron chi connectivity index (χ2n) is 7.53. The molecule has 0 aromatic carbocycles. The number of hydrogen-bond donors (Lipinski definition) is 1. The Morgan fingerprint density at radius 3 is 2.87 bits per heavy atom. The van der Waals surface area contributed by atoms with Gasteiger partial charge >= 0.3 is 0 Å². The van der Waals surface area contributed by atoms with Crippen LogP contribution in [0.2, 0.25) is 0 Å². The topological polar surface area (TPSA) is 87.7 Å². The van der Waals surface area contributed by atoms with E-state index >= 15 is 0 Å². The Labute approximate surface area is 180 Å². The summed E-state index contributed by atoms with van der Waals surface area (Å²) in [7, 11) is 0. The molecule has 4 rings (SSSR count). The zero-order valence-electron chi connectivity index (χ0n) is 17.1. The summed E-state index contributed by atoms with van der Waals surface area (Å²) in [5.41, 5.74) is 2.50. The summed E-state index contributed by atoms with van der Waals surface area (Å²) in [6.07, 6.45) is 8.78. The van der Waals surface area contributed by atoms with E-state index in [-0.39, 0.29) is 11.5 Å². The van der Waals surface area contributed by atoms with Crippen molar-refractivity contribution in [3.63, 3.8) is 0 Å². The molecule has 1 atom stereocenters. The molecule has 3 aromatic heterocycles. The summed E-state index contributed by atoms with van der Waals surface area (Å²) in [5, 5.41) is 0.840. The van der Waals surface area contributed by atoms with Crippen molar-refractivity contribution < 1.29 is 0 Å². The molecule has 30 heavy (non-hydrogen) atoms. The molecular formula is C22H26N6OS. The molecule has 4 heterocycles. The van der Waals surface area contributed by atoms with Crippen LogP contribution >= 0.6 is 11.8 Å². The van der Waals surface area contributed by atoms with Gasteiger partial charge in [-0.25, -0.2) is 15.0 Å². The first kappa shape index (κ1) is 20.7. The summed E-state index contributed by atoms with van der Waals surface area (Å²) in [5.74, 6) is 1.80. The van der Waals surface area contributed by atoms with E-state index < -0.39 is 0 Å². The number of pyridine rings is 1. The fourth-order valence-electron chi connectivity index (χ4n) is 3.70. The van der Waals surface area contributed by atoms with E-state index in [9.17, 15) is 4.79 Å². The van der Waals surface area contributed by atoms with Gasteiger partial charge in [-0.05, 0) is 37.9 Å². The maximum Gasteiger partial charge on any atom is 0.251 e. The third-order valence-electron chi connectivity index (χ3n) is 5.12. The van der Waals surface area contributed by atoms with Crippen LogP contribution in [0.5, 0.6) is 0 Å². The van der Waals surface area contributed by atoms with Crippen LogP contribution in [-0.4, -0.2) is 48.7 Å². The van der Waals surface area contributed by atoms with Crippen LogP contribution in [0, 0.1) is 0 Å². The lowest BCUT2D eigenvalue weighted by atomic mass is 9.94. The molecule has 1 fully saturated rings. The molecule has 0 amide bonds. The lowest BCUT2D eigenvalue weighted by Gasteiger charge is -2.32. The fourth-order valence-corrected chi connectivity index (χ4v) is 4.34. The molecule has 1 saturated heterocycles. The Morgan fingerprint density at radius 2 is 2.10 bits per heavy atom. The van der Waals surface area contributed by atoms with Crippen LogP contribution in [0.25, 0.3) is 11.5 Å². The number of aromatic amines is 1. The summed E-state index contributed by atoms with van der Waals surface area (Å²) in [4.78, 5) is 35.5. The van der Waals surface area contributed by atoms with E-state index in [0.29, 0.717) is 11.5 Å². The zero-order chi connectivity index (χ0) is 20.8. The van der Waals surface area contributed by atoms with Crippen LogP contribution in [-0.2, 0) is 6.54 Å². The highest BCUT2D eigenvalue weighted by molar-refractivity contribution is 7.99. The van der Waals surface area contributed by atoms with Crippen molar-refractivity contribution in [3.8, 4) is 11.5 Å². The molecule has 0 aliphatic carbocycles. The Bertz CT molecular complexity index is 1010. The fraction of sp³-hybridized carbons (Fsp3) is 0.409. The molecule has 156 valence electrons. The largest absolute Gasteiger partial charge is 0.305 e. The second-order valence-corrected chi connectivity index (χ2v) is 8.59. The monoisotopic (exact) mass is 422 g/mol. The highest BCUT2D eigenvalue weighted by Gasteiger charge is 2.23. The van der Waals surface area contributed by atoms with Gasteiger partial charge in [0.25, 0.3) is 5.56 Å². The number of nitrogens with one attached hydrogen (secondary N) is 1. The zero-order valence-corrected chi connectivity index (χ0v) is 17.9. The number of thioether (sulfide) groups is 1. The van der Waals surface area contributed by atoms with Gasteiger partial charge in [0, 0.05) is 55.0 Å². The first-order valence-electron chi connectivity index (χ1n) is 10.4. The minimum Gasteiger partial charge on any atom is -0.305 e. The molecule has 1 unspecified atom stereocenters. The molecule has 1 aliphatic heterocycles. The van der Waals surface area contributed by atoms with Gasteiger partial charge in [0.1, 0.15) is 5.69 Å². The average molecular weight is 423 g/mol. The number of H-pyrrole nitrogens is 1. The summed E-state index contributed by atoms with van der Waals surface area (Å²) in [6, 6.07) is 7.23. The predicted molar refractivity (Wildman–Crippen MR) is 118 cm³/mol. The van der Waals surface area contributed by atoms with E-state index in [1.54, 1.807) is 24.0 Å². The van der Waals surface area contributed by atoms with Gasteiger partial charge in [-0.2, -0.15) is 0 Å². The molecule has 0 spiro atoms. The summed E-state index contributed by atoms with van der Waals surface area (Å²) in [6.45, 7) is 4.86. The van der Waals surface area contributed by atoms with Gasteiger partial charge in [-0.1, -0.05) is 24.8 Å². The quantitative estimate of drug-likeness (QED) is 0.460. The average Bonchev–Trinajstić information content (AvgIpc) is 2.79. The molecular weight excluding hydrogens is 396 g/mol. The van der Waals surface area contributed by atoms with Crippen LogP contribution in [0.4, 0.5) is 0 Å². The number of aromatic nitrogens is 5. The third kappa shape index (κ3) is 5.31. The number of rotatable bonds is 7. The Kier molecular flexibility index (Phi) is 6.86. The summed E-state index contributed by atoms with van der Waals surface area (Å²) >= 11 is 1.69. The molecule has 0 radical (unpaired) electrons. The van der Waals surface area contributed by atoms with Gasteiger partial charge < -0.3 is 4.98 Å². The molecule has 1 aliphatic rings. The van der Waals surface area contributed by atoms with Crippen molar-refractivity contribution in [2.75, 3.05) is 18.8 Å². The molecule has 0 saturated carbocycles. The smallest absolute Gasteiger partial charge is 0.251 e. The van der Waals surface area contributed by atoms with Gasteiger partial charge in [0.15, 0.2) is 11.0 Å². The highest BCUT2D eigenvalue weighted by Crippen LogP contribution is 2.27. The Morgan fingerprint density at radius 1 is 1.23 bits per heavy atom. The van der Waals surface area contributed by atoms with Gasteiger partial charge in [0.2, 0.25) is 0 Å². The van der Waals surface area contributed by atoms with Crippen molar-refractivity contribution in [2.45, 2.75) is 43.8 Å². The first-order chi connectivity index (χ1) is 14.7. The van der Waals surface area contributed by atoms with Crippen LogP contribution < -0.4 is 5.56 Å². The number of piperidine rings is 1. The lowest BCUT2D eigenvalue weighted by molar-refractivity contribution is 0.198. The van der Waals surface area contributed by atoms with E-state index in [2.05, 4.69) is 31.8 Å². The first-order valence-corrected chi connectivity index (χ1v) is 11.4. The van der Waals surface area contributed by atoms with Gasteiger partial charge in [-0.15, -0.1) is 0 Å². The minimum absolute atomic E-state index is 0.133. The van der Waals surface area contributed by atoms with Crippen molar-refractivity contribution in [2.24, 2.45) is 0 Å². The van der Waals surface area contributed by atoms with E-state index in [1.807, 2.05) is 30.6 Å². The Balaban J connectivity index is 1.45. The van der Waals surface area contributed by atoms with Crippen molar-refractivity contribution in [3.05, 3.63) is 64.5 Å². The van der Waals surface area contributed by atoms with Crippen molar-refractivity contribution in [1.82, 2.24) is 29.8 Å². The molecule has 8 heteroatoms. The summed E-state index contributed by atoms with van der Waals surface area (Å²) < 4.78 is 0. The molecule has 1 N–H and O–H groups in total. The number of likely N-dealkylation sites (tertiary alicyclic amines) is 1.